The van der Waals surface area contributed by atoms with Gasteiger partial charge in [-0.15, -0.1) is 0 Å². The van der Waals surface area contributed by atoms with Gasteiger partial charge in [-0.1, -0.05) is 18.2 Å². The number of carbonyl (C=O) groups excluding carboxylic acids is 1. The highest BCUT2D eigenvalue weighted by Crippen LogP contribution is 2.32. The number of nitrogens with zero attached hydrogens (tertiary/aromatic N) is 3. The number of anilines is 1. The Bertz CT molecular complexity index is 833. The van der Waals surface area contributed by atoms with Crippen LogP contribution in [0.25, 0.3) is 0 Å². The molecular weight excluding hydrogens is 336 g/mol. The molecule has 0 saturated carbocycles. The van der Waals surface area contributed by atoms with Gasteiger partial charge in [0.05, 0.1) is 24.3 Å². The second-order valence-corrected chi connectivity index (χ2v) is 8.80. The summed E-state index contributed by atoms with van der Waals surface area (Å²) < 4.78 is 2.13. The maximum atomic E-state index is 12.8. The number of para-hydroxylation sites is 1. The fraction of sp³-hybridized carbons (Fsp3) is 0.545. The van der Waals surface area contributed by atoms with Crippen molar-refractivity contribution in [2.75, 3.05) is 18.0 Å². The summed E-state index contributed by atoms with van der Waals surface area (Å²) >= 11 is 0. The molecule has 0 saturated heterocycles. The Hall–Kier alpha value is -2.30. The van der Waals surface area contributed by atoms with Crippen molar-refractivity contribution in [3.8, 4) is 0 Å². The summed E-state index contributed by atoms with van der Waals surface area (Å²) in [5.74, 6) is 0.105. The summed E-state index contributed by atoms with van der Waals surface area (Å²) in [6, 6.07) is 8.53. The van der Waals surface area contributed by atoms with Crippen molar-refractivity contribution in [3.05, 3.63) is 47.3 Å². The minimum absolute atomic E-state index is 0.0308. The van der Waals surface area contributed by atoms with Gasteiger partial charge < -0.3 is 10.2 Å². The van der Waals surface area contributed by atoms with Crippen LogP contribution >= 0.6 is 0 Å². The molecule has 144 valence electrons. The molecule has 5 heteroatoms. The van der Waals surface area contributed by atoms with Crippen molar-refractivity contribution in [1.29, 1.82) is 0 Å². The van der Waals surface area contributed by atoms with E-state index in [1.807, 2.05) is 6.20 Å². The van der Waals surface area contributed by atoms with Crippen molar-refractivity contribution in [2.24, 2.45) is 0 Å². The summed E-state index contributed by atoms with van der Waals surface area (Å²) in [7, 11) is 0. The van der Waals surface area contributed by atoms with Crippen LogP contribution in [0, 0.1) is 0 Å². The Balaban J connectivity index is 1.47. The first-order valence-corrected chi connectivity index (χ1v) is 10.1. The molecule has 1 amide bonds. The number of hydrogen-bond donors (Lipinski definition) is 1. The number of rotatable bonds is 3. The molecule has 2 aliphatic rings. The molecule has 1 aromatic carbocycles. The number of amides is 1. The molecule has 27 heavy (non-hydrogen) atoms. The molecule has 0 spiro atoms. The van der Waals surface area contributed by atoms with E-state index in [0.29, 0.717) is 6.54 Å². The monoisotopic (exact) mass is 366 g/mol. The van der Waals surface area contributed by atoms with E-state index in [2.05, 4.69) is 65.0 Å². The topological polar surface area (TPSA) is 50.2 Å². The van der Waals surface area contributed by atoms with E-state index < -0.39 is 0 Å². The quantitative estimate of drug-likeness (QED) is 0.903. The Kier molecular flexibility index (Phi) is 4.70. The lowest BCUT2D eigenvalue weighted by atomic mass is 9.92. The molecule has 1 atom stereocenters. The van der Waals surface area contributed by atoms with Crippen LogP contribution in [0.15, 0.2) is 30.5 Å². The predicted molar refractivity (Wildman–Crippen MR) is 108 cm³/mol. The highest BCUT2D eigenvalue weighted by Gasteiger charge is 2.29. The van der Waals surface area contributed by atoms with E-state index in [4.69, 9.17) is 0 Å². The summed E-state index contributed by atoms with van der Waals surface area (Å²) in [4.78, 5) is 15.0. The fourth-order valence-electron chi connectivity index (χ4n) is 4.47. The van der Waals surface area contributed by atoms with E-state index in [1.165, 1.54) is 22.5 Å². The van der Waals surface area contributed by atoms with E-state index in [0.717, 1.165) is 38.6 Å². The predicted octanol–water partition coefficient (Wildman–Crippen LogP) is 3.58. The second-order valence-electron chi connectivity index (χ2n) is 8.80. The van der Waals surface area contributed by atoms with Crippen LogP contribution in [0.5, 0.6) is 0 Å². The zero-order valence-corrected chi connectivity index (χ0v) is 16.7. The van der Waals surface area contributed by atoms with Crippen molar-refractivity contribution >= 4 is 11.6 Å². The summed E-state index contributed by atoms with van der Waals surface area (Å²) in [6.07, 6.45) is 7.29. The molecule has 0 bridgehead atoms. The van der Waals surface area contributed by atoms with Crippen LogP contribution in [0.1, 0.15) is 62.9 Å². The van der Waals surface area contributed by atoms with Crippen molar-refractivity contribution < 1.29 is 4.79 Å². The Morgan fingerprint density at radius 2 is 2.04 bits per heavy atom. The zero-order chi connectivity index (χ0) is 19.0. The molecule has 0 unspecified atom stereocenters. The lowest BCUT2D eigenvalue weighted by Crippen LogP contribution is -2.41. The molecule has 2 aromatic rings. The fourth-order valence-corrected chi connectivity index (χ4v) is 4.47. The number of benzene rings is 1. The van der Waals surface area contributed by atoms with E-state index >= 15 is 0 Å². The Labute approximate surface area is 161 Å². The normalized spacial score (nSPS) is 19.4. The average Bonchev–Trinajstić information content (AvgIpc) is 3.07. The summed E-state index contributed by atoms with van der Waals surface area (Å²) in [6.45, 7) is 7.90. The largest absolute Gasteiger partial charge is 0.362 e. The molecule has 1 aromatic heterocycles. The number of aryl methyl sites for hydroxylation is 1. The van der Waals surface area contributed by atoms with Gasteiger partial charge in [0.2, 0.25) is 5.91 Å². The van der Waals surface area contributed by atoms with Gasteiger partial charge in [-0.3, -0.25) is 9.48 Å². The van der Waals surface area contributed by atoms with Crippen LogP contribution in [-0.2, 0) is 23.2 Å². The Morgan fingerprint density at radius 3 is 2.85 bits per heavy atom. The summed E-state index contributed by atoms with van der Waals surface area (Å²) in [5, 5.41) is 7.91. The van der Waals surface area contributed by atoms with Gasteiger partial charge in [0.15, 0.2) is 0 Å². The van der Waals surface area contributed by atoms with Crippen molar-refractivity contribution in [2.45, 2.75) is 64.5 Å². The molecule has 2 heterocycles. The maximum absolute atomic E-state index is 12.8. The van der Waals surface area contributed by atoms with E-state index in [1.54, 1.807) is 0 Å². The first kappa shape index (κ1) is 18.1. The van der Waals surface area contributed by atoms with Gasteiger partial charge in [-0.05, 0) is 64.5 Å². The van der Waals surface area contributed by atoms with Gasteiger partial charge >= 0.3 is 0 Å². The molecule has 1 N–H and O–H groups in total. The molecule has 0 radical (unpaired) electrons. The van der Waals surface area contributed by atoms with E-state index in [-0.39, 0.29) is 17.5 Å². The highest BCUT2D eigenvalue weighted by molar-refractivity contribution is 5.82. The first-order chi connectivity index (χ1) is 12.9. The van der Waals surface area contributed by atoms with Crippen LogP contribution < -0.4 is 10.2 Å². The Morgan fingerprint density at radius 1 is 1.22 bits per heavy atom. The van der Waals surface area contributed by atoms with Gasteiger partial charge in [0, 0.05) is 23.5 Å². The van der Waals surface area contributed by atoms with Crippen LogP contribution in [0.2, 0.25) is 0 Å². The third-order valence-electron chi connectivity index (χ3n) is 5.69. The highest BCUT2D eigenvalue weighted by atomic mass is 16.2. The number of fused-ring (bicyclic) bond motifs is 2. The molecule has 4 rings (SSSR count). The number of carbonyl (C=O) groups is 1. The van der Waals surface area contributed by atoms with Gasteiger partial charge in [0.1, 0.15) is 0 Å². The number of aromatic nitrogens is 2. The molecular formula is C22H30N4O. The van der Waals surface area contributed by atoms with Gasteiger partial charge in [-0.2, -0.15) is 5.10 Å². The number of nitrogens with one attached hydrogen (secondary N) is 1. The minimum atomic E-state index is -0.0308. The zero-order valence-electron chi connectivity index (χ0n) is 16.7. The molecule has 5 nitrogen and oxygen atoms in total. The van der Waals surface area contributed by atoms with Crippen molar-refractivity contribution in [3.63, 3.8) is 0 Å². The molecule has 0 fully saturated rings. The summed E-state index contributed by atoms with van der Waals surface area (Å²) in [5.41, 5.74) is 5.01. The third kappa shape index (κ3) is 3.60. The van der Waals surface area contributed by atoms with Gasteiger partial charge in [0.25, 0.3) is 0 Å². The minimum Gasteiger partial charge on any atom is -0.362 e. The number of hydrogen-bond acceptors (Lipinski definition) is 3. The first-order valence-electron chi connectivity index (χ1n) is 10.1. The van der Waals surface area contributed by atoms with Crippen LogP contribution in [-0.4, -0.2) is 28.8 Å². The maximum Gasteiger partial charge on any atom is 0.240 e. The molecule has 1 aliphatic carbocycles. The third-order valence-corrected chi connectivity index (χ3v) is 5.69. The van der Waals surface area contributed by atoms with Crippen LogP contribution in [0.4, 0.5) is 5.69 Å². The van der Waals surface area contributed by atoms with E-state index in [9.17, 15) is 4.79 Å². The lowest BCUT2D eigenvalue weighted by Gasteiger charge is -2.32. The lowest BCUT2D eigenvalue weighted by molar-refractivity contribution is -0.120. The molecule has 1 aliphatic heterocycles. The average molecular weight is 367 g/mol. The standard InChI is InChI=1S/C22H30N4O/c1-22(2,3)26-20-12-6-10-18(17(20)14-23-26)24-21(27)15-25-13-7-9-16-8-4-5-11-19(16)25/h4-5,8,11,14,18H,6-7,9-10,12-13,15H2,1-3H3,(H,24,27)/t18-/m1/s1. The smallest absolute Gasteiger partial charge is 0.240 e. The van der Waals surface area contributed by atoms with Crippen molar-refractivity contribution in [1.82, 2.24) is 15.1 Å². The van der Waals surface area contributed by atoms with Gasteiger partial charge in [-0.25, -0.2) is 0 Å². The van der Waals surface area contributed by atoms with Crippen LogP contribution in [0.3, 0.4) is 0 Å². The second kappa shape index (κ2) is 7.02. The SMILES string of the molecule is CC(C)(C)n1ncc2c1CCC[C@H]2NC(=O)CN1CCCc2ccccc21.